The van der Waals surface area contributed by atoms with Crippen molar-refractivity contribution in [2.75, 3.05) is 41.3 Å². The SMILES string of the molecule is CCCCN(CC)c1nccc(Nc2cc3c(C(C)C)cnc(N4CCC4)c3cn2)n1. The number of nitrogens with zero attached hydrogens (tertiary/aromatic N) is 6. The zero-order valence-electron chi connectivity index (χ0n) is 19.1. The lowest BCUT2D eigenvalue weighted by Crippen LogP contribution is -2.37. The molecule has 7 heteroatoms. The molecule has 0 amide bonds. The number of aromatic nitrogens is 4. The number of anilines is 4. The molecule has 0 bridgehead atoms. The van der Waals surface area contributed by atoms with Gasteiger partial charge in [0, 0.05) is 50.2 Å². The van der Waals surface area contributed by atoms with E-state index in [9.17, 15) is 0 Å². The van der Waals surface area contributed by atoms with E-state index in [1.807, 2.05) is 24.7 Å². The zero-order valence-corrected chi connectivity index (χ0v) is 19.1. The third-order valence-electron chi connectivity index (χ3n) is 5.90. The first-order valence-corrected chi connectivity index (χ1v) is 11.5. The maximum atomic E-state index is 4.77. The minimum Gasteiger partial charge on any atom is -0.356 e. The van der Waals surface area contributed by atoms with Gasteiger partial charge >= 0.3 is 0 Å². The number of rotatable bonds is 9. The quantitative estimate of drug-likeness (QED) is 0.516. The molecule has 1 aliphatic rings. The Bertz CT molecular complexity index is 1030. The number of unbranched alkanes of at least 4 members (excludes halogenated alkanes) is 1. The molecule has 4 heterocycles. The molecule has 1 fully saturated rings. The van der Waals surface area contributed by atoms with E-state index in [-0.39, 0.29) is 0 Å². The second-order valence-electron chi connectivity index (χ2n) is 8.45. The van der Waals surface area contributed by atoms with Gasteiger partial charge in [0.1, 0.15) is 17.5 Å². The summed E-state index contributed by atoms with van der Waals surface area (Å²) in [4.78, 5) is 23.2. The Kier molecular flexibility index (Phi) is 6.49. The molecule has 0 saturated carbocycles. The van der Waals surface area contributed by atoms with E-state index in [0.29, 0.717) is 5.92 Å². The monoisotopic (exact) mass is 419 g/mol. The van der Waals surface area contributed by atoms with Crippen molar-refractivity contribution >= 4 is 34.2 Å². The van der Waals surface area contributed by atoms with E-state index in [4.69, 9.17) is 15.0 Å². The van der Waals surface area contributed by atoms with Gasteiger partial charge in [-0.1, -0.05) is 27.2 Å². The second-order valence-corrected chi connectivity index (χ2v) is 8.45. The fourth-order valence-corrected chi connectivity index (χ4v) is 3.90. The smallest absolute Gasteiger partial charge is 0.227 e. The molecule has 31 heavy (non-hydrogen) atoms. The first-order chi connectivity index (χ1) is 15.1. The second kappa shape index (κ2) is 9.45. The maximum absolute atomic E-state index is 4.77. The summed E-state index contributed by atoms with van der Waals surface area (Å²) < 4.78 is 0. The Hall–Kier alpha value is -2.96. The van der Waals surface area contributed by atoms with Crippen LogP contribution in [0.3, 0.4) is 0 Å². The number of hydrogen-bond acceptors (Lipinski definition) is 7. The molecule has 4 rings (SSSR count). The van der Waals surface area contributed by atoms with Gasteiger partial charge in [0.2, 0.25) is 5.95 Å². The van der Waals surface area contributed by atoms with Gasteiger partial charge in [-0.2, -0.15) is 4.98 Å². The van der Waals surface area contributed by atoms with Crippen molar-refractivity contribution in [1.82, 2.24) is 19.9 Å². The summed E-state index contributed by atoms with van der Waals surface area (Å²) in [6, 6.07) is 4.02. The third kappa shape index (κ3) is 4.55. The van der Waals surface area contributed by atoms with E-state index >= 15 is 0 Å². The van der Waals surface area contributed by atoms with Crippen molar-refractivity contribution < 1.29 is 0 Å². The predicted molar refractivity (Wildman–Crippen MR) is 129 cm³/mol. The first-order valence-electron chi connectivity index (χ1n) is 11.5. The highest BCUT2D eigenvalue weighted by Gasteiger charge is 2.20. The topological polar surface area (TPSA) is 70.1 Å². The molecule has 0 unspecified atom stereocenters. The molecule has 0 atom stereocenters. The maximum Gasteiger partial charge on any atom is 0.227 e. The average molecular weight is 420 g/mol. The van der Waals surface area contributed by atoms with Crippen molar-refractivity contribution in [3.8, 4) is 0 Å². The van der Waals surface area contributed by atoms with Gasteiger partial charge in [0.15, 0.2) is 0 Å². The predicted octanol–water partition coefficient (Wildman–Crippen LogP) is 5.12. The van der Waals surface area contributed by atoms with Crippen molar-refractivity contribution in [3.63, 3.8) is 0 Å². The van der Waals surface area contributed by atoms with Crippen LogP contribution >= 0.6 is 0 Å². The van der Waals surface area contributed by atoms with Gasteiger partial charge in [0.25, 0.3) is 0 Å². The van der Waals surface area contributed by atoms with E-state index < -0.39 is 0 Å². The van der Waals surface area contributed by atoms with Gasteiger partial charge in [-0.25, -0.2) is 15.0 Å². The van der Waals surface area contributed by atoms with Crippen molar-refractivity contribution in [1.29, 1.82) is 0 Å². The van der Waals surface area contributed by atoms with E-state index in [0.717, 1.165) is 67.8 Å². The van der Waals surface area contributed by atoms with Gasteiger partial charge in [-0.3, -0.25) is 0 Å². The Labute approximate surface area is 184 Å². The molecule has 0 aliphatic carbocycles. The molecule has 0 spiro atoms. The summed E-state index contributed by atoms with van der Waals surface area (Å²) in [7, 11) is 0. The van der Waals surface area contributed by atoms with Gasteiger partial charge in [-0.15, -0.1) is 0 Å². The Morgan fingerprint density at radius 1 is 1.06 bits per heavy atom. The molecule has 0 aromatic carbocycles. The van der Waals surface area contributed by atoms with Crippen LogP contribution in [0.2, 0.25) is 0 Å². The molecular formula is C24H33N7. The third-order valence-corrected chi connectivity index (χ3v) is 5.90. The molecule has 3 aromatic heterocycles. The number of nitrogens with one attached hydrogen (secondary N) is 1. The number of fused-ring (bicyclic) bond motifs is 1. The van der Waals surface area contributed by atoms with E-state index in [2.05, 4.69) is 53.9 Å². The minimum absolute atomic E-state index is 0.387. The number of pyridine rings is 2. The fraction of sp³-hybridized carbons (Fsp3) is 0.500. The fourth-order valence-electron chi connectivity index (χ4n) is 3.90. The summed E-state index contributed by atoms with van der Waals surface area (Å²) in [5, 5.41) is 5.72. The standard InChI is InChI=1S/C24H33N7/c1-5-7-11-30(6-2)24-25-10-9-21(29-24)28-22-14-18-19(17(3)4)15-27-23(20(18)16-26-22)31-12-8-13-31/h9-10,14-17H,5-8,11-13H2,1-4H3,(H,25,26,28,29). The van der Waals surface area contributed by atoms with Crippen LogP contribution in [-0.4, -0.2) is 46.1 Å². The molecule has 1 aliphatic heterocycles. The minimum atomic E-state index is 0.387. The molecule has 1 saturated heterocycles. The van der Waals surface area contributed by atoms with Gasteiger partial charge in [0.05, 0.1) is 0 Å². The van der Waals surface area contributed by atoms with Gasteiger partial charge in [-0.05, 0) is 48.8 Å². The van der Waals surface area contributed by atoms with Gasteiger partial charge < -0.3 is 15.1 Å². The molecule has 7 nitrogen and oxygen atoms in total. The Morgan fingerprint density at radius 3 is 2.58 bits per heavy atom. The van der Waals surface area contributed by atoms with Crippen LogP contribution in [0.15, 0.2) is 30.7 Å². The van der Waals surface area contributed by atoms with E-state index in [1.165, 1.54) is 17.4 Å². The summed E-state index contributed by atoms with van der Waals surface area (Å²) >= 11 is 0. The van der Waals surface area contributed by atoms with Crippen LogP contribution in [-0.2, 0) is 0 Å². The molecule has 1 N–H and O–H groups in total. The lowest BCUT2D eigenvalue weighted by molar-refractivity contribution is 0.612. The highest BCUT2D eigenvalue weighted by Crippen LogP contribution is 2.34. The van der Waals surface area contributed by atoms with Crippen molar-refractivity contribution in [2.45, 2.75) is 52.9 Å². The van der Waals surface area contributed by atoms with Crippen LogP contribution in [0.1, 0.15) is 58.4 Å². The lowest BCUT2D eigenvalue weighted by Gasteiger charge is -2.33. The summed E-state index contributed by atoms with van der Waals surface area (Å²) in [6.07, 6.45) is 9.30. The summed E-state index contributed by atoms with van der Waals surface area (Å²) in [5.74, 6) is 3.74. The highest BCUT2D eigenvalue weighted by molar-refractivity contribution is 5.96. The lowest BCUT2D eigenvalue weighted by atomic mass is 9.98. The Morgan fingerprint density at radius 2 is 1.90 bits per heavy atom. The van der Waals surface area contributed by atoms with E-state index in [1.54, 1.807) is 0 Å². The first kappa shape index (κ1) is 21.3. The molecule has 3 aromatic rings. The van der Waals surface area contributed by atoms with Crippen molar-refractivity contribution in [2.24, 2.45) is 0 Å². The van der Waals surface area contributed by atoms with Crippen LogP contribution < -0.4 is 15.1 Å². The molecular weight excluding hydrogens is 386 g/mol. The van der Waals surface area contributed by atoms with Crippen LogP contribution in [0.5, 0.6) is 0 Å². The van der Waals surface area contributed by atoms with Crippen molar-refractivity contribution in [3.05, 3.63) is 36.3 Å². The average Bonchev–Trinajstić information content (AvgIpc) is 2.73. The highest BCUT2D eigenvalue weighted by atomic mass is 15.3. The zero-order chi connectivity index (χ0) is 21.8. The van der Waals surface area contributed by atoms with Crippen LogP contribution in [0.4, 0.5) is 23.4 Å². The molecule has 164 valence electrons. The Balaban J connectivity index is 1.64. The summed E-state index contributed by atoms with van der Waals surface area (Å²) in [6.45, 7) is 12.8. The summed E-state index contributed by atoms with van der Waals surface area (Å²) in [5.41, 5.74) is 1.24. The number of hydrogen-bond donors (Lipinski definition) is 1. The molecule has 0 radical (unpaired) electrons. The largest absolute Gasteiger partial charge is 0.356 e. The normalized spacial score (nSPS) is 13.5. The van der Waals surface area contributed by atoms with Crippen LogP contribution in [0.25, 0.3) is 10.8 Å². The van der Waals surface area contributed by atoms with Crippen LogP contribution in [0, 0.1) is 0 Å².